The first-order chi connectivity index (χ1) is 7.62. The topological polar surface area (TPSA) is 92.8 Å². The molecule has 0 fully saturated rings. The van der Waals surface area contributed by atoms with Crippen molar-refractivity contribution >= 4 is 6.09 Å². The van der Waals surface area contributed by atoms with Gasteiger partial charge in [0.2, 0.25) is 0 Å². The van der Waals surface area contributed by atoms with Crippen LogP contribution in [0.2, 0.25) is 0 Å². The van der Waals surface area contributed by atoms with Crippen LogP contribution in [0.4, 0.5) is 4.79 Å². The Balaban J connectivity index is 2.82. The van der Waals surface area contributed by atoms with Gasteiger partial charge in [0.25, 0.3) is 0 Å². The summed E-state index contributed by atoms with van der Waals surface area (Å²) in [6.45, 7) is -0.970. The van der Waals surface area contributed by atoms with Crippen molar-refractivity contribution in [2.45, 2.75) is 12.0 Å². The Labute approximate surface area is 93.5 Å². The lowest BCUT2D eigenvalue weighted by Crippen LogP contribution is -2.46. The zero-order valence-electron chi connectivity index (χ0n) is 8.80. The van der Waals surface area contributed by atoms with Gasteiger partial charge < -0.3 is 20.7 Å². The lowest BCUT2D eigenvalue weighted by Gasteiger charge is -2.28. The maximum Gasteiger partial charge on any atom is 0.405 e. The Bertz CT molecular complexity index is 335. The number of primary amides is 1. The minimum Gasteiger partial charge on any atom is -0.438 e. The molecule has 0 aliphatic rings. The molecular formula is C11H15NO4. The second-order valence-electron chi connectivity index (χ2n) is 3.58. The van der Waals surface area contributed by atoms with Crippen molar-refractivity contribution in [3.63, 3.8) is 0 Å². The summed E-state index contributed by atoms with van der Waals surface area (Å²) in [4.78, 5) is 10.7. The highest BCUT2D eigenvalue weighted by Gasteiger charge is 2.32. The number of amides is 1. The Kier molecular flexibility index (Phi) is 4.28. The minimum absolute atomic E-state index is 0.212. The van der Waals surface area contributed by atoms with Crippen molar-refractivity contribution < 1.29 is 19.7 Å². The summed E-state index contributed by atoms with van der Waals surface area (Å²) in [5.41, 5.74) is 4.39. The number of hydrogen-bond donors (Lipinski definition) is 3. The molecule has 0 unspecified atom stereocenters. The largest absolute Gasteiger partial charge is 0.438 e. The van der Waals surface area contributed by atoms with Gasteiger partial charge in [0.1, 0.15) is 0 Å². The van der Waals surface area contributed by atoms with Crippen molar-refractivity contribution in [2.24, 2.45) is 5.73 Å². The molecule has 0 radical (unpaired) electrons. The normalized spacial score (nSPS) is 11.1. The van der Waals surface area contributed by atoms with Crippen LogP contribution in [0.5, 0.6) is 0 Å². The number of rotatable bonds is 5. The van der Waals surface area contributed by atoms with Crippen LogP contribution >= 0.6 is 0 Å². The van der Waals surface area contributed by atoms with E-state index in [1.54, 1.807) is 0 Å². The number of ether oxygens (including phenoxy) is 1. The molecule has 1 aromatic carbocycles. The molecule has 0 bridgehead atoms. The zero-order chi connectivity index (χ0) is 12.0. The van der Waals surface area contributed by atoms with Crippen LogP contribution in [0.25, 0.3) is 0 Å². The first-order valence-corrected chi connectivity index (χ1v) is 4.86. The van der Waals surface area contributed by atoms with Crippen molar-refractivity contribution in [2.75, 3.05) is 13.2 Å². The molecule has 0 atom stereocenters. The number of aliphatic hydroxyl groups is 2. The average molecular weight is 225 g/mol. The number of hydrogen-bond acceptors (Lipinski definition) is 4. The minimum atomic E-state index is -1.35. The molecule has 88 valence electrons. The molecule has 0 spiro atoms. The van der Waals surface area contributed by atoms with Crippen LogP contribution in [-0.2, 0) is 11.2 Å². The van der Waals surface area contributed by atoms with Crippen LogP contribution < -0.4 is 5.73 Å². The van der Waals surface area contributed by atoms with E-state index >= 15 is 0 Å². The highest BCUT2D eigenvalue weighted by Crippen LogP contribution is 2.17. The van der Waals surface area contributed by atoms with E-state index < -0.39 is 24.9 Å². The smallest absolute Gasteiger partial charge is 0.405 e. The quantitative estimate of drug-likeness (QED) is 0.660. The summed E-state index contributed by atoms with van der Waals surface area (Å²) in [6, 6.07) is 9.10. The van der Waals surface area contributed by atoms with E-state index in [2.05, 4.69) is 0 Å². The molecular weight excluding hydrogens is 210 g/mol. The zero-order valence-corrected chi connectivity index (χ0v) is 8.80. The number of carbonyl (C=O) groups excluding carboxylic acids is 1. The van der Waals surface area contributed by atoms with Gasteiger partial charge in [-0.15, -0.1) is 0 Å². The fraction of sp³-hybridized carbons (Fsp3) is 0.364. The molecule has 0 saturated heterocycles. The van der Waals surface area contributed by atoms with Crippen molar-refractivity contribution in [3.05, 3.63) is 35.9 Å². The number of carbonyl (C=O) groups is 1. The second kappa shape index (κ2) is 5.48. The fourth-order valence-electron chi connectivity index (χ4n) is 1.44. The molecule has 1 aromatic rings. The van der Waals surface area contributed by atoms with Crippen molar-refractivity contribution in [1.82, 2.24) is 0 Å². The maximum atomic E-state index is 10.7. The lowest BCUT2D eigenvalue weighted by molar-refractivity contribution is -0.0608. The molecule has 16 heavy (non-hydrogen) atoms. The van der Waals surface area contributed by atoms with Crippen molar-refractivity contribution in [3.8, 4) is 0 Å². The van der Waals surface area contributed by atoms with Crippen LogP contribution in [0.3, 0.4) is 0 Å². The van der Waals surface area contributed by atoms with Crippen LogP contribution in [0.15, 0.2) is 30.3 Å². The summed E-state index contributed by atoms with van der Waals surface area (Å²) < 4.78 is 4.78. The highest BCUT2D eigenvalue weighted by atomic mass is 16.6. The van der Waals surface area contributed by atoms with Gasteiger partial charge >= 0.3 is 6.09 Å². The standard InChI is InChI=1S/C11H15NO4/c12-10(15)16-11(7-13,8-14)6-9-4-2-1-3-5-9/h1-5,13-14H,6-8H2,(H2,12,15). The SMILES string of the molecule is NC(=O)OC(CO)(CO)Cc1ccccc1. The van der Waals surface area contributed by atoms with Crippen LogP contribution in [-0.4, -0.2) is 35.1 Å². The van der Waals surface area contributed by atoms with E-state index in [-0.39, 0.29) is 6.42 Å². The van der Waals surface area contributed by atoms with Crippen LogP contribution in [0, 0.1) is 0 Å². The summed E-state index contributed by atoms with van der Waals surface area (Å²) in [6.07, 6.45) is -0.803. The molecule has 0 aromatic heterocycles. The van der Waals surface area contributed by atoms with Gasteiger partial charge in [0, 0.05) is 6.42 Å². The molecule has 1 amide bonds. The van der Waals surface area contributed by atoms with Gasteiger partial charge in [-0.25, -0.2) is 4.79 Å². The molecule has 4 N–H and O–H groups in total. The summed E-state index contributed by atoms with van der Waals surface area (Å²) in [5, 5.41) is 18.4. The summed E-state index contributed by atoms with van der Waals surface area (Å²) in [7, 11) is 0. The Morgan fingerprint density at radius 2 is 1.81 bits per heavy atom. The number of nitrogens with two attached hydrogens (primary N) is 1. The summed E-state index contributed by atoms with van der Waals surface area (Å²) in [5.74, 6) is 0. The molecule has 0 aliphatic carbocycles. The number of aliphatic hydroxyl groups excluding tert-OH is 2. The lowest BCUT2D eigenvalue weighted by atomic mass is 9.96. The molecule has 0 saturated carbocycles. The average Bonchev–Trinajstić information content (AvgIpc) is 2.29. The molecule has 5 heteroatoms. The maximum absolute atomic E-state index is 10.7. The predicted molar refractivity (Wildman–Crippen MR) is 57.7 cm³/mol. The van der Waals surface area contributed by atoms with Gasteiger partial charge in [-0.2, -0.15) is 0 Å². The van der Waals surface area contributed by atoms with E-state index in [0.717, 1.165) is 5.56 Å². The first kappa shape index (κ1) is 12.5. The van der Waals surface area contributed by atoms with Gasteiger partial charge in [0.15, 0.2) is 5.60 Å². The number of benzene rings is 1. The molecule has 0 heterocycles. The molecule has 5 nitrogen and oxygen atoms in total. The highest BCUT2D eigenvalue weighted by molar-refractivity contribution is 5.65. The van der Waals surface area contributed by atoms with Gasteiger partial charge in [-0.3, -0.25) is 0 Å². The van der Waals surface area contributed by atoms with E-state index in [1.165, 1.54) is 0 Å². The Morgan fingerprint density at radius 3 is 2.25 bits per heavy atom. The third-order valence-corrected chi connectivity index (χ3v) is 2.26. The Hall–Kier alpha value is -1.59. The van der Waals surface area contributed by atoms with Gasteiger partial charge in [-0.05, 0) is 5.56 Å². The third-order valence-electron chi connectivity index (χ3n) is 2.26. The van der Waals surface area contributed by atoms with Crippen LogP contribution in [0.1, 0.15) is 5.56 Å². The third kappa shape index (κ3) is 3.22. The van der Waals surface area contributed by atoms with Gasteiger partial charge in [-0.1, -0.05) is 30.3 Å². The predicted octanol–water partition coefficient (Wildman–Crippen LogP) is 0.0478. The van der Waals surface area contributed by atoms with E-state index in [0.29, 0.717) is 0 Å². The van der Waals surface area contributed by atoms with Crippen molar-refractivity contribution in [1.29, 1.82) is 0 Å². The molecule has 0 aliphatic heterocycles. The van der Waals surface area contributed by atoms with E-state index in [4.69, 9.17) is 10.5 Å². The molecule has 1 rings (SSSR count). The second-order valence-corrected chi connectivity index (χ2v) is 3.58. The monoisotopic (exact) mass is 225 g/mol. The Morgan fingerprint density at radius 1 is 1.25 bits per heavy atom. The summed E-state index contributed by atoms with van der Waals surface area (Å²) >= 11 is 0. The first-order valence-electron chi connectivity index (χ1n) is 4.86. The van der Waals surface area contributed by atoms with Gasteiger partial charge in [0.05, 0.1) is 13.2 Å². The van der Waals surface area contributed by atoms with E-state index in [9.17, 15) is 15.0 Å². The van der Waals surface area contributed by atoms with E-state index in [1.807, 2.05) is 30.3 Å². The fourth-order valence-corrected chi connectivity index (χ4v) is 1.44.